The number of rotatable bonds is 1. The third-order valence-electron chi connectivity index (χ3n) is 6.98. The Balaban J connectivity index is 1.55. The maximum Gasteiger partial charge on any atom is 0.116 e. The van der Waals surface area contributed by atoms with E-state index < -0.39 is 0 Å². The molecule has 0 aromatic heterocycles. The Morgan fingerprint density at radius 1 is 1.32 bits per heavy atom. The fourth-order valence-electron chi connectivity index (χ4n) is 6.22. The van der Waals surface area contributed by atoms with E-state index in [2.05, 4.69) is 23.2 Å². The van der Waals surface area contributed by atoms with E-state index in [0.29, 0.717) is 17.7 Å². The lowest BCUT2D eigenvalue weighted by molar-refractivity contribution is -0.0383. The van der Waals surface area contributed by atoms with Crippen LogP contribution in [0.3, 0.4) is 0 Å². The molecular formula is C19H26N2O. The zero-order valence-electron chi connectivity index (χ0n) is 13.3. The van der Waals surface area contributed by atoms with E-state index in [4.69, 9.17) is 0 Å². The van der Waals surface area contributed by atoms with Gasteiger partial charge in [-0.15, -0.1) is 0 Å². The number of fused-ring (bicyclic) bond motifs is 4. The van der Waals surface area contributed by atoms with Crippen LogP contribution in [0.25, 0.3) is 0 Å². The highest BCUT2D eigenvalue weighted by atomic mass is 16.3. The van der Waals surface area contributed by atoms with Gasteiger partial charge in [0.1, 0.15) is 5.75 Å². The number of hydrogen-bond donors (Lipinski definition) is 2. The first kappa shape index (κ1) is 13.2. The molecule has 1 aromatic rings. The molecule has 22 heavy (non-hydrogen) atoms. The zero-order chi connectivity index (χ0) is 14.8. The summed E-state index contributed by atoms with van der Waals surface area (Å²) in [4.78, 5) is 2.82. The molecule has 4 fully saturated rings. The van der Waals surface area contributed by atoms with E-state index in [1.807, 2.05) is 12.1 Å². The average molecular weight is 298 g/mol. The maximum absolute atomic E-state index is 9.89. The summed E-state index contributed by atoms with van der Waals surface area (Å²) in [5.41, 5.74) is 2.64. The molecule has 4 bridgehead atoms. The molecular weight excluding hydrogens is 272 g/mol. The van der Waals surface area contributed by atoms with Gasteiger partial charge in [-0.2, -0.15) is 0 Å². The van der Waals surface area contributed by atoms with Gasteiger partial charge in [-0.3, -0.25) is 4.90 Å². The first-order valence-corrected chi connectivity index (χ1v) is 9.08. The van der Waals surface area contributed by atoms with Gasteiger partial charge in [-0.05, 0) is 67.3 Å². The number of piperidine rings is 2. The third kappa shape index (κ3) is 1.72. The summed E-state index contributed by atoms with van der Waals surface area (Å²) in [5, 5.41) is 13.7. The van der Waals surface area contributed by atoms with Gasteiger partial charge in [0.15, 0.2) is 0 Å². The molecule has 5 aliphatic rings. The summed E-state index contributed by atoms with van der Waals surface area (Å²) in [5.74, 6) is 3.61. The average Bonchev–Trinajstić information content (AvgIpc) is 2.85. The highest BCUT2D eigenvalue weighted by Crippen LogP contribution is 2.53. The summed E-state index contributed by atoms with van der Waals surface area (Å²) in [6.07, 6.45) is 5.44. The first-order valence-electron chi connectivity index (χ1n) is 9.08. The molecule has 3 heteroatoms. The molecule has 4 aliphatic heterocycles. The summed E-state index contributed by atoms with van der Waals surface area (Å²) in [7, 11) is 0. The predicted molar refractivity (Wildman–Crippen MR) is 88.2 cm³/mol. The fraction of sp³-hybridized carbons (Fsp3) is 0.684. The minimum atomic E-state index is 0.418. The molecule has 118 valence electrons. The Bertz CT molecular complexity index is 601. The van der Waals surface area contributed by atoms with Crippen molar-refractivity contribution in [2.45, 2.75) is 50.6 Å². The second kappa shape index (κ2) is 4.64. The van der Waals surface area contributed by atoms with Crippen molar-refractivity contribution in [3.8, 4) is 5.75 Å². The molecule has 6 rings (SSSR count). The highest BCUT2D eigenvalue weighted by Gasteiger charge is 2.53. The van der Waals surface area contributed by atoms with Crippen LogP contribution < -0.4 is 5.32 Å². The molecule has 0 spiro atoms. The SMILES string of the molecule is CC[C@H]1C[C@H]2C[C@H]3C4Nc5ccc(O)cc5C4CCN(C2)C13. The number of aromatic hydroxyl groups is 1. The molecule has 0 amide bonds. The molecule has 4 heterocycles. The predicted octanol–water partition coefficient (Wildman–Crippen LogP) is 3.41. The quantitative estimate of drug-likeness (QED) is 0.780. The Hall–Kier alpha value is -1.22. The molecule has 2 N–H and O–H groups in total. The van der Waals surface area contributed by atoms with Crippen molar-refractivity contribution in [3.05, 3.63) is 23.8 Å². The maximum atomic E-state index is 9.89. The van der Waals surface area contributed by atoms with E-state index in [9.17, 15) is 5.11 Å². The highest BCUT2D eigenvalue weighted by molar-refractivity contribution is 5.62. The van der Waals surface area contributed by atoms with Crippen LogP contribution in [0.2, 0.25) is 0 Å². The van der Waals surface area contributed by atoms with Crippen molar-refractivity contribution in [2.75, 3.05) is 18.4 Å². The van der Waals surface area contributed by atoms with Crippen LogP contribution in [0, 0.1) is 17.8 Å². The van der Waals surface area contributed by atoms with E-state index in [1.165, 1.54) is 50.0 Å². The van der Waals surface area contributed by atoms with Gasteiger partial charge in [-0.1, -0.05) is 13.3 Å². The Kier molecular flexibility index (Phi) is 2.79. The molecule has 4 unspecified atom stereocenters. The Morgan fingerprint density at radius 3 is 3.09 bits per heavy atom. The Morgan fingerprint density at radius 2 is 2.23 bits per heavy atom. The van der Waals surface area contributed by atoms with Gasteiger partial charge in [-0.25, -0.2) is 0 Å². The molecule has 1 aliphatic carbocycles. The van der Waals surface area contributed by atoms with Gasteiger partial charge in [0, 0.05) is 30.2 Å². The van der Waals surface area contributed by atoms with Crippen molar-refractivity contribution in [3.63, 3.8) is 0 Å². The minimum absolute atomic E-state index is 0.418. The van der Waals surface area contributed by atoms with Crippen LogP contribution in [0.4, 0.5) is 5.69 Å². The molecule has 1 aromatic carbocycles. The largest absolute Gasteiger partial charge is 0.508 e. The normalized spacial score (nSPS) is 44.9. The number of nitrogens with zero attached hydrogens (tertiary/aromatic N) is 1. The first-order chi connectivity index (χ1) is 10.7. The molecule has 0 radical (unpaired) electrons. The zero-order valence-corrected chi connectivity index (χ0v) is 13.3. The van der Waals surface area contributed by atoms with Crippen LogP contribution in [0.5, 0.6) is 5.75 Å². The number of benzene rings is 1. The van der Waals surface area contributed by atoms with Gasteiger partial charge in [0.05, 0.1) is 0 Å². The van der Waals surface area contributed by atoms with Crippen LogP contribution in [0.15, 0.2) is 18.2 Å². The lowest BCUT2D eigenvalue weighted by Gasteiger charge is -2.54. The summed E-state index contributed by atoms with van der Waals surface area (Å²) >= 11 is 0. The van der Waals surface area contributed by atoms with Crippen LogP contribution >= 0.6 is 0 Å². The monoisotopic (exact) mass is 298 g/mol. The summed E-state index contributed by atoms with van der Waals surface area (Å²) < 4.78 is 0. The van der Waals surface area contributed by atoms with Gasteiger partial charge < -0.3 is 10.4 Å². The number of phenols is 1. The van der Waals surface area contributed by atoms with Crippen molar-refractivity contribution in [1.29, 1.82) is 0 Å². The molecule has 3 saturated heterocycles. The van der Waals surface area contributed by atoms with Crippen molar-refractivity contribution < 1.29 is 5.11 Å². The van der Waals surface area contributed by atoms with E-state index in [0.717, 1.165) is 23.8 Å². The topological polar surface area (TPSA) is 35.5 Å². The fourth-order valence-corrected chi connectivity index (χ4v) is 6.22. The molecule has 1 saturated carbocycles. The number of phenolic OH excluding ortho intramolecular Hbond substituents is 1. The number of anilines is 1. The third-order valence-corrected chi connectivity index (χ3v) is 6.98. The second-order valence-corrected chi connectivity index (χ2v) is 7.99. The van der Waals surface area contributed by atoms with Crippen LogP contribution in [0.1, 0.15) is 44.1 Å². The van der Waals surface area contributed by atoms with Crippen LogP contribution in [-0.4, -0.2) is 35.2 Å². The van der Waals surface area contributed by atoms with Crippen molar-refractivity contribution in [2.24, 2.45) is 17.8 Å². The van der Waals surface area contributed by atoms with Crippen molar-refractivity contribution >= 4 is 5.69 Å². The van der Waals surface area contributed by atoms with Crippen molar-refractivity contribution in [1.82, 2.24) is 4.90 Å². The minimum Gasteiger partial charge on any atom is -0.508 e. The Labute approximate surface area is 132 Å². The van der Waals surface area contributed by atoms with Gasteiger partial charge in [0.2, 0.25) is 0 Å². The standard InChI is InChI=1S/C19H26N2O/c1-2-12-7-11-8-16-18-14(5-6-21(10-11)19(12)16)15-9-13(22)3-4-17(15)20-18/h3-4,9,11-12,14,16,18-20,22H,2,5-8,10H2,1H3/t11-,12-,14?,16-,18?,19?/m0/s1. The lowest BCUT2D eigenvalue weighted by atomic mass is 9.63. The van der Waals surface area contributed by atoms with Gasteiger partial charge >= 0.3 is 0 Å². The number of hydrogen-bond acceptors (Lipinski definition) is 3. The molecule has 7 atom stereocenters. The van der Waals surface area contributed by atoms with Crippen LogP contribution in [-0.2, 0) is 0 Å². The van der Waals surface area contributed by atoms with Gasteiger partial charge in [0.25, 0.3) is 0 Å². The second-order valence-electron chi connectivity index (χ2n) is 7.99. The summed E-state index contributed by atoms with van der Waals surface area (Å²) in [6, 6.07) is 7.29. The lowest BCUT2D eigenvalue weighted by Crippen LogP contribution is -2.59. The smallest absolute Gasteiger partial charge is 0.116 e. The van der Waals surface area contributed by atoms with E-state index in [1.54, 1.807) is 0 Å². The number of nitrogens with one attached hydrogen (secondary N) is 1. The molecule has 3 nitrogen and oxygen atoms in total. The summed E-state index contributed by atoms with van der Waals surface area (Å²) in [6.45, 7) is 4.96. The van der Waals surface area contributed by atoms with E-state index in [-0.39, 0.29) is 0 Å². The van der Waals surface area contributed by atoms with E-state index >= 15 is 0 Å².